The molecule has 2 heterocycles. The van der Waals surface area contributed by atoms with Gasteiger partial charge in [0, 0.05) is 6.04 Å². The molecule has 0 bridgehead atoms. The number of hydrogen-bond donors (Lipinski definition) is 1. The Kier molecular flexibility index (Phi) is 5.26. The van der Waals surface area contributed by atoms with Crippen molar-refractivity contribution in [3.63, 3.8) is 0 Å². The first-order valence-corrected chi connectivity index (χ1v) is 9.48. The molecule has 1 N–H and O–H groups in total. The highest BCUT2D eigenvalue weighted by atomic mass is 32.2. The fraction of sp³-hybridized carbons (Fsp3) is 1.00. The van der Waals surface area contributed by atoms with Gasteiger partial charge in [0.25, 0.3) is 0 Å². The van der Waals surface area contributed by atoms with Crippen molar-refractivity contribution in [1.82, 2.24) is 10.2 Å². The van der Waals surface area contributed by atoms with Gasteiger partial charge in [-0.05, 0) is 64.2 Å². The second-order valence-corrected chi connectivity index (χ2v) is 8.47. The highest BCUT2D eigenvalue weighted by Gasteiger charge is 2.29. The molecule has 0 saturated carbocycles. The van der Waals surface area contributed by atoms with Crippen molar-refractivity contribution in [3.8, 4) is 0 Å². The number of piperidine rings is 1. The third-order valence-corrected chi connectivity index (χ3v) is 6.68. The predicted octanol–water partition coefficient (Wildman–Crippen LogP) is 1.13. The molecule has 0 aliphatic carbocycles. The van der Waals surface area contributed by atoms with E-state index in [9.17, 15) is 8.42 Å². The summed E-state index contributed by atoms with van der Waals surface area (Å²) >= 11 is 0. The largest absolute Gasteiger partial charge is 0.314 e. The minimum Gasteiger partial charge on any atom is -0.314 e. The maximum atomic E-state index is 11.4. The summed E-state index contributed by atoms with van der Waals surface area (Å²) in [5, 5.41) is 3.58. The summed E-state index contributed by atoms with van der Waals surface area (Å²) in [6, 6.07) is 0.516. The van der Waals surface area contributed by atoms with Crippen LogP contribution in [0.4, 0.5) is 0 Å². The van der Waals surface area contributed by atoms with Crippen LogP contribution in [-0.4, -0.2) is 57.0 Å². The molecule has 2 saturated heterocycles. The van der Waals surface area contributed by atoms with E-state index in [1.165, 1.54) is 25.9 Å². The van der Waals surface area contributed by atoms with Crippen molar-refractivity contribution >= 4 is 9.84 Å². The van der Waals surface area contributed by atoms with Gasteiger partial charge in [-0.1, -0.05) is 6.92 Å². The Hall–Kier alpha value is -0.130. The zero-order valence-electron chi connectivity index (χ0n) is 12.3. The van der Waals surface area contributed by atoms with Crippen LogP contribution < -0.4 is 5.32 Å². The molecule has 112 valence electrons. The SMILES string of the molecule is CCN1CCC(C(C)NCC2CCS(=O)(=O)C2)CC1. The van der Waals surface area contributed by atoms with E-state index >= 15 is 0 Å². The van der Waals surface area contributed by atoms with E-state index in [4.69, 9.17) is 0 Å². The molecule has 0 spiro atoms. The number of nitrogens with zero attached hydrogens (tertiary/aromatic N) is 1. The van der Waals surface area contributed by atoms with Gasteiger partial charge in [0.2, 0.25) is 0 Å². The van der Waals surface area contributed by atoms with E-state index < -0.39 is 9.84 Å². The van der Waals surface area contributed by atoms with Crippen LogP contribution in [-0.2, 0) is 9.84 Å². The van der Waals surface area contributed by atoms with Crippen LogP contribution in [0.1, 0.15) is 33.1 Å². The summed E-state index contributed by atoms with van der Waals surface area (Å²) < 4.78 is 22.8. The Labute approximate surface area is 117 Å². The first-order chi connectivity index (χ1) is 9.00. The molecule has 0 amide bonds. The summed E-state index contributed by atoms with van der Waals surface area (Å²) in [5.74, 6) is 1.87. The summed E-state index contributed by atoms with van der Waals surface area (Å²) in [5.41, 5.74) is 0. The molecule has 4 nitrogen and oxygen atoms in total. The zero-order valence-corrected chi connectivity index (χ0v) is 13.1. The van der Waals surface area contributed by atoms with Crippen LogP contribution in [0.25, 0.3) is 0 Å². The lowest BCUT2D eigenvalue weighted by atomic mass is 9.90. The summed E-state index contributed by atoms with van der Waals surface area (Å²) in [7, 11) is -2.73. The van der Waals surface area contributed by atoms with Gasteiger partial charge in [-0.25, -0.2) is 8.42 Å². The lowest BCUT2D eigenvalue weighted by Gasteiger charge is -2.35. The lowest BCUT2D eigenvalue weighted by molar-refractivity contribution is 0.167. The zero-order chi connectivity index (χ0) is 13.9. The fourth-order valence-corrected chi connectivity index (χ4v) is 5.18. The lowest BCUT2D eigenvalue weighted by Crippen LogP contribution is -2.43. The normalized spacial score (nSPS) is 30.5. The van der Waals surface area contributed by atoms with E-state index in [-0.39, 0.29) is 0 Å². The molecule has 19 heavy (non-hydrogen) atoms. The topological polar surface area (TPSA) is 49.4 Å². The monoisotopic (exact) mass is 288 g/mol. The second kappa shape index (κ2) is 6.55. The summed E-state index contributed by atoms with van der Waals surface area (Å²) in [4.78, 5) is 2.51. The summed E-state index contributed by atoms with van der Waals surface area (Å²) in [6.45, 7) is 8.94. The molecule has 5 heteroatoms. The first-order valence-electron chi connectivity index (χ1n) is 7.66. The van der Waals surface area contributed by atoms with Gasteiger partial charge in [-0.3, -0.25) is 0 Å². The molecule has 2 fully saturated rings. The van der Waals surface area contributed by atoms with E-state index in [2.05, 4.69) is 24.1 Å². The quantitative estimate of drug-likeness (QED) is 0.824. The van der Waals surface area contributed by atoms with Crippen LogP contribution in [0.15, 0.2) is 0 Å². The van der Waals surface area contributed by atoms with Crippen LogP contribution in [0.3, 0.4) is 0 Å². The fourth-order valence-electron chi connectivity index (χ4n) is 3.32. The third-order valence-electron chi connectivity index (χ3n) is 4.84. The van der Waals surface area contributed by atoms with Gasteiger partial charge in [0.1, 0.15) is 0 Å². The Morgan fingerprint density at radius 1 is 1.26 bits per heavy atom. The molecular weight excluding hydrogens is 260 g/mol. The van der Waals surface area contributed by atoms with Crippen LogP contribution >= 0.6 is 0 Å². The summed E-state index contributed by atoms with van der Waals surface area (Å²) in [6.07, 6.45) is 3.38. The van der Waals surface area contributed by atoms with E-state index in [1.54, 1.807) is 0 Å². The number of hydrogen-bond acceptors (Lipinski definition) is 4. The number of rotatable bonds is 5. The van der Waals surface area contributed by atoms with Crippen molar-refractivity contribution in [1.29, 1.82) is 0 Å². The Morgan fingerprint density at radius 2 is 1.95 bits per heavy atom. The first kappa shape index (κ1) is 15.3. The molecule has 2 rings (SSSR count). The van der Waals surface area contributed by atoms with Crippen LogP contribution in [0, 0.1) is 11.8 Å². The van der Waals surface area contributed by atoms with Crippen molar-refractivity contribution in [3.05, 3.63) is 0 Å². The Bertz CT molecular complexity index is 375. The van der Waals surface area contributed by atoms with Crippen molar-refractivity contribution in [2.75, 3.05) is 37.7 Å². The molecule has 2 unspecified atom stereocenters. The highest BCUT2D eigenvalue weighted by Crippen LogP contribution is 2.22. The molecule has 2 atom stereocenters. The second-order valence-electron chi connectivity index (χ2n) is 6.24. The van der Waals surface area contributed by atoms with Crippen molar-refractivity contribution < 1.29 is 8.42 Å². The number of nitrogens with one attached hydrogen (secondary N) is 1. The highest BCUT2D eigenvalue weighted by molar-refractivity contribution is 7.91. The third kappa shape index (κ3) is 4.43. The maximum absolute atomic E-state index is 11.4. The van der Waals surface area contributed by atoms with Gasteiger partial charge in [0.15, 0.2) is 9.84 Å². The molecule has 2 aliphatic heterocycles. The van der Waals surface area contributed by atoms with E-state index in [0.717, 1.165) is 25.4 Å². The van der Waals surface area contributed by atoms with Crippen LogP contribution in [0.5, 0.6) is 0 Å². The standard InChI is InChI=1S/C14H28N2O2S/c1-3-16-7-4-14(5-8-16)12(2)15-10-13-6-9-19(17,18)11-13/h12-15H,3-11H2,1-2H3. The maximum Gasteiger partial charge on any atom is 0.150 e. The molecule has 0 aromatic rings. The van der Waals surface area contributed by atoms with E-state index in [1.807, 2.05) is 0 Å². The van der Waals surface area contributed by atoms with Gasteiger partial charge in [-0.2, -0.15) is 0 Å². The molecule has 2 aliphatic rings. The smallest absolute Gasteiger partial charge is 0.150 e. The van der Waals surface area contributed by atoms with Crippen LogP contribution in [0.2, 0.25) is 0 Å². The van der Waals surface area contributed by atoms with Crippen molar-refractivity contribution in [2.45, 2.75) is 39.2 Å². The number of likely N-dealkylation sites (tertiary alicyclic amines) is 1. The van der Waals surface area contributed by atoms with Gasteiger partial charge < -0.3 is 10.2 Å². The molecule has 0 aromatic carbocycles. The van der Waals surface area contributed by atoms with E-state index in [0.29, 0.717) is 23.5 Å². The van der Waals surface area contributed by atoms with Crippen molar-refractivity contribution in [2.24, 2.45) is 11.8 Å². The average molecular weight is 288 g/mol. The Morgan fingerprint density at radius 3 is 2.47 bits per heavy atom. The Balaban J connectivity index is 1.69. The minimum absolute atomic E-state index is 0.336. The predicted molar refractivity (Wildman–Crippen MR) is 79.1 cm³/mol. The molecule has 0 radical (unpaired) electrons. The molecular formula is C14H28N2O2S. The minimum atomic E-state index is -2.73. The average Bonchev–Trinajstić information content (AvgIpc) is 2.76. The molecule has 0 aromatic heterocycles. The number of sulfone groups is 1. The van der Waals surface area contributed by atoms with Gasteiger partial charge in [0.05, 0.1) is 11.5 Å². The van der Waals surface area contributed by atoms with Gasteiger partial charge >= 0.3 is 0 Å². The van der Waals surface area contributed by atoms with Gasteiger partial charge in [-0.15, -0.1) is 0 Å².